The Morgan fingerprint density at radius 3 is 2.72 bits per heavy atom. The van der Waals surface area contributed by atoms with E-state index in [0.29, 0.717) is 30.6 Å². The highest BCUT2D eigenvalue weighted by Gasteiger charge is 2.28. The first-order valence-corrected chi connectivity index (χ1v) is 10.4. The maximum absolute atomic E-state index is 6.09. The quantitative estimate of drug-likeness (QED) is 0.449. The molecular formula is C23H23N5O4. The molecule has 9 nitrogen and oxygen atoms in total. The summed E-state index contributed by atoms with van der Waals surface area (Å²) in [5, 5.41) is 12.7. The van der Waals surface area contributed by atoms with Crippen molar-refractivity contribution in [3.63, 3.8) is 0 Å². The summed E-state index contributed by atoms with van der Waals surface area (Å²) in [5.41, 5.74) is 3.19. The molecule has 0 fully saturated rings. The van der Waals surface area contributed by atoms with Crippen molar-refractivity contribution in [2.24, 2.45) is 0 Å². The smallest absolute Gasteiger partial charge is 0.280 e. The number of fused-ring (bicyclic) bond motifs is 1. The molecule has 0 bridgehead atoms. The van der Waals surface area contributed by atoms with Crippen LogP contribution in [0.15, 0.2) is 53.1 Å². The highest BCUT2D eigenvalue weighted by atomic mass is 16.5. The van der Waals surface area contributed by atoms with E-state index in [0.717, 1.165) is 28.3 Å². The minimum absolute atomic E-state index is 0.114. The van der Waals surface area contributed by atoms with Crippen molar-refractivity contribution in [2.75, 3.05) is 7.11 Å². The van der Waals surface area contributed by atoms with E-state index in [9.17, 15) is 0 Å². The van der Waals surface area contributed by atoms with Gasteiger partial charge in [-0.25, -0.2) is 4.68 Å². The number of hydrogen-bond acceptors (Lipinski definition) is 8. The third-order valence-electron chi connectivity index (χ3n) is 5.18. The van der Waals surface area contributed by atoms with Crippen LogP contribution in [0.25, 0.3) is 23.0 Å². The van der Waals surface area contributed by atoms with Crippen molar-refractivity contribution >= 4 is 0 Å². The molecule has 0 N–H and O–H groups in total. The van der Waals surface area contributed by atoms with Crippen molar-refractivity contribution in [2.45, 2.75) is 39.2 Å². The Hall–Kier alpha value is -3.72. The Labute approximate surface area is 184 Å². The van der Waals surface area contributed by atoms with Crippen LogP contribution in [0.2, 0.25) is 0 Å². The van der Waals surface area contributed by atoms with Crippen molar-refractivity contribution in [3.05, 3.63) is 59.8 Å². The zero-order valence-electron chi connectivity index (χ0n) is 18.1. The molecule has 0 aliphatic carbocycles. The largest absolute Gasteiger partial charge is 0.497 e. The molecular weight excluding hydrogens is 410 g/mol. The Bertz CT molecular complexity index is 1220. The SMILES string of the molecule is COc1cccc([C@@H]2Cn3nnc(-c4nc(-c5ccc(OC(C)C)cc5)no4)c3CO2)c1. The molecule has 0 spiro atoms. The van der Waals surface area contributed by atoms with E-state index in [-0.39, 0.29) is 12.2 Å². The topological polar surface area (TPSA) is 97.3 Å². The number of aromatic nitrogens is 5. The molecule has 1 aliphatic rings. The second kappa shape index (κ2) is 8.43. The zero-order chi connectivity index (χ0) is 22.1. The zero-order valence-corrected chi connectivity index (χ0v) is 18.1. The maximum atomic E-state index is 6.09. The Balaban J connectivity index is 1.35. The van der Waals surface area contributed by atoms with Crippen LogP contribution in [0.4, 0.5) is 0 Å². The van der Waals surface area contributed by atoms with E-state index in [4.69, 9.17) is 18.7 Å². The summed E-state index contributed by atoms with van der Waals surface area (Å²) in [4.78, 5) is 4.52. The molecule has 3 heterocycles. The van der Waals surface area contributed by atoms with Crippen LogP contribution in [0.3, 0.4) is 0 Å². The van der Waals surface area contributed by atoms with Gasteiger partial charge in [0.25, 0.3) is 5.89 Å². The number of ether oxygens (including phenoxy) is 3. The summed E-state index contributed by atoms with van der Waals surface area (Å²) < 4.78 is 24.4. The third kappa shape index (κ3) is 3.94. The summed E-state index contributed by atoms with van der Waals surface area (Å²) in [6.07, 6.45) is -0.0278. The van der Waals surface area contributed by atoms with E-state index in [2.05, 4.69) is 20.5 Å². The Morgan fingerprint density at radius 1 is 1.09 bits per heavy atom. The highest BCUT2D eigenvalue weighted by Crippen LogP contribution is 2.32. The fraction of sp³-hybridized carbons (Fsp3) is 0.304. The predicted molar refractivity (Wildman–Crippen MR) is 115 cm³/mol. The Kier molecular flexibility index (Phi) is 5.32. The van der Waals surface area contributed by atoms with Crippen LogP contribution in [-0.2, 0) is 17.9 Å². The summed E-state index contributed by atoms with van der Waals surface area (Å²) in [7, 11) is 1.65. The van der Waals surface area contributed by atoms with Gasteiger partial charge in [0.1, 0.15) is 17.6 Å². The highest BCUT2D eigenvalue weighted by molar-refractivity contribution is 5.59. The molecule has 2 aromatic heterocycles. The van der Waals surface area contributed by atoms with Gasteiger partial charge in [-0.05, 0) is 55.8 Å². The van der Waals surface area contributed by atoms with Crippen LogP contribution in [0, 0.1) is 0 Å². The molecule has 32 heavy (non-hydrogen) atoms. The number of hydrogen-bond donors (Lipinski definition) is 0. The lowest BCUT2D eigenvalue weighted by molar-refractivity contribution is -0.00127. The van der Waals surface area contributed by atoms with Gasteiger partial charge in [-0.2, -0.15) is 4.98 Å². The average molecular weight is 433 g/mol. The van der Waals surface area contributed by atoms with E-state index < -0.39 is 0 Å². The van der Waals surface area contributed by atoms with Gasteiger partial charge in [-0.3, -0.25) is 0 Å². The van der Waals surface area contributed by atoms with Gasteiger partial charge in [0, 0.05) is 5.56 Å². The summed E-state index contributed by atoms with van der Waals surface area (Å²) in [6, 6.07) is 15.4. The van der Waals surface area contributed by atoms with Crippen LogP contribution in [0.1, 0.15) is 31.2 Å². The van der Waals surface area contributed by atoms with Gasteiger partial charge in [0.05, 0.1) is 32.1 Å². The molecule has 9 heteroatoms. The van der Waals surface area contributed by atoms with Crippen LogP contribution in [-0.4, -0.2) is 38.3 Å². The van der Waals surface area contributed by atoms with Crippen LogP contribution >= 0.6 is 0 Å². The van der Waals surface area contributed by atoms with Crippen LogP contribution in [0.5, 0.6) is 11.5 Å². The third-order valence-corrected chi connectivity index (χ3v) is 5.18. The van der Waals surface area contributed by atoms with E-state index in [1.807, 2.05) is 67.1 Å². The van der Waals surface area contributed by atoms with Gasteiger partial charge < -0.3 is 18.7 Å². The summed E-state index contributed by atoms with van der Waals surface area (Å²) in [6.45, 7) is 4.85. The maximum Gasteiger partial charge on any atom is 0.280 e. The normalized spacial score (nSPS) is 15.6. The van der Waals surface area contributed by atoms with Crippen molar-refractivity contribution in [1.82, 2.24) is 25.1 Å². The van der Waals surface area contributed by atoms with Crippen molar-refractivity contribution < 1.29 is 18.7 Å². The average Bonchev–Trinajstić information content (AvgIpc) is 3.46. The van der Waals surface area contributed by atoms with E-state index >= 15 is 0 Å². The van der Waals surface area contributed by atoms with Crippen LogP contribution < -0.4 is 9.47 Å². The number of methoxy groups -OCH3 is 1. The minimum atomic E-state index is -0.142. The van der Waals surface area contributed by atoms with Gasteiger partial charge in [0.15, 0.2) is 5.69 Å². The van der Waals surface area contributed by atoms with Gasteiger partial charge >= 0.3 is 0 Å². The molecule has 0 unspecified atom stereocenters. The summed E-state index contributed by atoms with van der Waals surface area (Å²) in [5.74, 6) is 2.37. The van der Waals surface area contributed by atoms with Gasteiger partial charge in [0.2, 0.25) is 5.82 Å². The summed E-state index contributed by atoms with van der Waals surface area (Å²) >= 11 is 0. The first-order valence-electron chi connectivity index (χ1n) is 10.4. The monoisotopic (exact) mass is 433 g/mol. The number of benzene rings is 2. The second-order valence-electron chi connectivity index (χ2n) is 7.76. The van der Waals surface area contributed by atoms with Gasteiger partial charge in [-0.1, -0.05) is 22.5 Å². The lowest BCUT2D eigenvalue weighted by atomic mass is 10.1. The van der Waals surface area contributed by atoms with E-state index in [1.165, 1.54) is 0 Å². The molecule has 1 atom stereocenters. The minimum Gasteiger partial charge on any atom is -0.497 e. The lowest BCUT2D eigenvalue weighted by Crippen LogP contribution is -2.22. The number of nitrogens with zero attached hydrogens (tertiary/aromatic N) is 5. The molecule has 0 radical (unpaired) electrons. The lowest BCUT2D eigenvalue weighted by Gasteiger charge is -2.24. The molecule has 164 valence electrons. The predicted octanol–water partition coefficient (Wildman–Crippen LogP) is 4.06. The standard InChI is InChI=1S/C23H23N5O4/c1-14(2)31-17-9-7-15(8-10-17)22-24-23(32-26-22)21-19-13-30-20(12-28(19)27-25-21)16-5-4-6-18(11-16)29-3/h4-11,14,20H,12-13H2,1-3H3/t20-/m0/s1. The van der Waals surface area contributed by atoms with Gasteiger partial charge in [-0.15, -0.1) is 5.10 Å². The molecule has 2 aromatic carbocycles. The molecule has 0 amide bonds. The molecule has 5 rings (SSSR count). The molecule has 1 aliphatic heterocycles. The fourth-order valence-electron chi connectivity index (χ4n) is 3.61. The molecule has 0 saturated carbocycles. The van der Waals surface area contributed by atoms with Crippen molar-refractivity contribution in [3.8, 4) is 34.5 Å². The van der Waals surface area contributed by atoms with Crippen molar-refractivity contribution in [1.29, 1.82) is 0 Å². The molecule has 4 aromatic rings. The molecule has 0 saturated heterocycles. The number of rotatable bonds is 6. The second-order valence-corrected chi connectivity index (χ2v) is 7.76. The first kappa shape index (κ1) is 20.2. The van der Waals surface area contributed by atoms with E-state index in [1.54, 1.807) is 7.11 Å². The Morgan fingerprint density at radius 2 is 1.94 bits per heavy atom. The fourth-order valence-corrected chi connectivity index (χ4v) is 3.61. The first-order chi connectivity index (χ1) is 15.6.